The van der Waals surface area contributed by atoms with Crippen molar-refractivity contribution in [1.82, 2.24) is 15.2 Å². The van der Waals surface area contributed by atoms with E-state index in [1.807, 2.05) is 26.1 Å². The Hall–Kier alpha value is -3.82. The van der Waals surface area contributed by atoms with Gasteiger partial charge in [0.25, 0.3) is 17.4 Å². The number of carbonyl (C=O) groups excluding carboxylic acids is 2. The minimum absolute atomic E-state index is 0.166. The Morgan fingerprint density at radius 2 is 1.57 bits per heavy atom. The van der Waals surface area contributed by atoms with Crippen molar-refractivity contribution in [2.24, 2.45) is 0 Å². The molecule has 35 heavy (non-hydrogen) atoms. The van der Waals surface area contributed by atoms with Crippen molar-refractivity contribution in [1.29, 1.82) is 0 Å². The van der Waals surface area contributed by atoms with E-state index in [-0.39, 0.29) is 17.1 Å². The first kappa shape index (κ1) is 25.8. The molecular formula is C25H31N3O7. The van der Waals surface area contributed by atoms with Gasteiger partial charge in [-0.05, 0) is 36.0 Å². The van der Waals surface area contributed by atoms with E-state index in [0.717, 1.165) is 42.2 Å². The number of hydrogen-bond acceptors (Lipinski definition) is 6. The zero-order chi connectivity index (χ0) is 25.9. The second-order valence-corrected chi connectivity index (χ2v) is 9.74. The third-order valence-electron chi connectivity index (χ3n) is 6.11. The SMILES string of the molecule is CC(C)(C)c1ccc(-n2c(O)c(C(=O)NC3CCCCC3)c(O)c(C(=O)NCC(=O)O)c2=O)cc1. The minimum atomic E-state index is -1.36. The number of benzene rings is 1. The lowest BCUT2D eigenvalue weighted by Crippen LogP contribution is -2.39. The molecule has 1 aliphatic carbocycles. The summed E-state index contributed by atoms with van der Waals surface area (Å²) in [5.74, 6) is -5.20. The third kappa shape index (κ3) is 5.64. The van der Waals surface area contributed by atoms with Crippen molar-refractivity contribution in [3.8, 4) is 17.3 Å². The highest BCUT2D eigenvalue weighted by atomic mass is 16.4. The number of nitrogens with one attached hydrogen (secondary N) is 2. The molecule has 1 aromatic carbocycles. The van der Waals surface area contributed by atoms with Crippen LogP contribution in [0.5, 0.6) is 11.6 Å². The van der Waals surface area contributed by atoms with Crippen LogP contribution in [0.2, 0.25) is 0 Å². The average Bonchev–Trinajstić information content (AvgIpc) is 2.78. The van der Waals surface area contributed by atoms with Gasteiger partial charge in [0.15, 0.2) is 5.75 Å². The number of aromatic nitrogens is 1. The molecule has 10 nitrogen and oxygen atoms in total. The topological polar surface area (TPSA) is 158 Å². The minimum Gasteiger partial charge on any atom is -0.506 e. The maximum absolute atomic E-state index is 13.2. The first-order chi connectivity index (χ1) is 16.4. The molecule has 0 radical (unpaired) electrons. The van der Waals surface area contributed by atoms with Crippen molar-refractivity contribution in [3.63, 3.8) is 0 Å². The second kappa shape index (κ2) is 10.2. The Morgan fingerprint density at radius 3 is 2.11 bits per heavy atom. The number of carboxylic acids is 1. The standard InChI is InChI=1S/C25H31N3O7/c1-25(2,3)14-9-11-16(12-10-14)28-23(34)18(21(32)26-13-17(29)30)20(31)19(24(28)35)22(33)27-15-7-5-4-6-8-15/h9-12,15,31,35H,4-8,13H2,1-3H3,(H,26,32)(H,27,33)(H,29,30). The van der Waals surface area contributed by atoms with E-state index >= 15 is 0 Å². The van der Waals surface area contributed by atoms with E-state index < -0.39 is 52.6 Å². The van der Waals surface area contributed by atoms with Gasteiger partial charge in [-0.2, -0.15) is 0 Å². The summed E-state index contributed by atoms with van der Waals surface area (Å²) >= 11 is 0. The smallest absolute Gasteiger partial charge is 0.322 e. The van der Waals surface area contributed by atoms with Gasteiger partial charge in [0.05, 0.1) is 5.69 Å². The van der Waals surface area contributed by atoms with Crippen molar-refractivity contribution < 1.29 is 29.7 Å². The molecule has 5 N–H and O–H groups in total. The van der Waals surface area contributed by atoms with Crippen LogP contribution in [0.25, 0.3) is 5.69 Å². The van der Waals surface area contributed by atoms with Gasteiger partial charge in [-0.15, -0.1) is 0 Å². The van der Waals surface area contributed by atoms with E-state index in [0.29, 0.717) is 0 Å². The molecule has 2 amide bonds. The quantitative estimate of drug-likeness (QED) is 0.420. The summed E-state index contributed by atoms with van der Waals surface area (Å²) in [5, 5.41) is 35.4. The summed E-state index contributed by atoms with van der Waals surface area (Å²) in [6.07, 6.45) is 4.35. The lowest BCUT2D eigenvalue weighted by Gasteiger charge is -2.24. The molecule has 0 bridgehead atoms. The van der Waals surface area contributed by atoms with E-state index in [4.69, 9.17) is 5.11 Å². The highest BCUT2D eigenvalue weighted by Crippen LogP contribution is 2.32. The van der Waals surface area contributed by atoms with Crippen LogP contribution < -0.4 is 16.2 Å². The Labute approximate surface area is 202 Å². The fraction of sp³-hybridized carbons (Fsp3) is 0.440. The molecule has 0 spiro atoms. The zero-order valence-corrected chi connectivity index (χ0v) is 20.1. The number of aliphatic carboxylic acids is 1. The molecule has 1 heterocycles. The molecule has 3 rings (SSSR count). The van der Waals surface area contributed by atoms with Gasteiger partial charge in [0, 0.05) is 6.04 Å². The predicted molar refractivity (Wildman–Crippen MR) is 128 cm³/mol. The van der Waals surface area contributed by atoms with Crippen LogP contribution in [0.4, 0.5) is 0 Å². The Kier molecular flexibility index (Phi) is 7.52. The predicted octanol–water partition coefficient (Wildman–Crippen LogP) is 2.42. The molecule has 2 aromatic rings. The molecule has 0 saturated heterocycles. The number of aromatic hydroxyl groups is 2. The summed E-state index contributed by atoms with van der Waals surface area (Å²) in [6.45, 7) is 5.21. The van der Waals surface area contributed by atoms with E-state index in [9.17, 15) is 29.4 Å². The molecule has 1 aromatic heterocycles. The van der Waals surface area contributed by atoms with E-state index in [1.165, 1.54) is 0 Å². The van der Waals surface area contributed by atoms with Gasteiger partial charge in [0.1, 0.15) is 17.7 Å². The molecular weight excluding hydrogens is 454 g/mol. The van der Waals surface area contributed by atoms with Crippen molar-refractivity contribution >= 4 is 17.8 Å². The van der Waals surface area contributed by atoms with Crippen LogP contribution in [0.1, 0.15) is 79.2 Å². The van der Waals surface area contributed by atoms with Crippen LogP contribution in [0.15, 0.2) is 29.1 Å². The monoisotopic (exact) mass is 485 g/mol. The van der Waals surface area contributed by atoms with Crippen LogP contribution in [-0.2, 0) is 10.2 Å². The summed E-state index contributed by atoms with van der Waals surface area (Å²) < 4.78 is 0.762. The van der Waals surface area contributed by atoms with Gasteiger partial charge >= 0.3 is 5.97 Å². The van der Waals surface area contributed by atoms with Gasteiger partial charge in [-0.3, -0.25) is 19.2 Å². The molecule has 0 unspecified atom stereocenters. The zero-order valence-electron chi connectivity index (χ0n) is 20.1. The van der Waals surface area contributed by atoms with Crippen LogP contribution >= 0.6 is 0 Å². The van der Waals surface area contributed by atoms with Gasteiger partial charge in [-0.25, -0.2) is 4.57 Å². The number of pyridine rings is 1. The number of nitrogens with zero attached hydrogens (tertiary/aromatic N) is 1. The van der Waals surface area contributed by atoms with Gasteiger partial charge < -0.3 is 26.0 Å². The van der Waals surface area contributed by atoms with Crippen LogP contribution in [0.3, 0.4) is 0 Å². The number of carbonyl (C=O) groups is 3. The van der Waals surface area contributed by atoms with Crippen molar-refractivity contribution in [2.75, 3.05) is 6.54 Å². The molecule has 1 aliphatic rings. The Morgan fingerprint density at radius 1 is 0.971 bits per heavy atom. The van der Waals surface area contributed by atoms with Gasteiger partial charge in [0.2, 0.25) is 5.88 Å². The summed E-state index contributed by atoms with van der Waals surface area (Å²) in [4.78, 5) is 49.9. The number of amides is 2. The van der Waals surface area contributed by atoms with Crippen molar-refractivity contribution in [3.05, 3.63) is 51.3 Å². The maximum atomic E-state index is 13.2. The van der Waals surface area contributed by atoms with E-state index in [1.54, 1.807) is 24.3 Å². The third-order valence-corrected chi connectivity index (χ3v) is 6.11. The van der Waals surface area contributed by atoms with Crippen LogP contribution in [0, 0.1) is 0 Å². The number of hydrogen-bond donors (Lipinski definition) is 5. The summed E-state index contributed by atoms with van der Waals surface area (Å²) in [7, 11) is 0. The molecule has 0 aliphatic heterocycles. The normalized spacial score (nSPS) is 14.4. The van der Waals surface area contributed by atoms with Crippen LogP contribution in [-0.4, -0.2) is 50.3 Å². The molecule has 0 atom stereocenters. The Balaban J connectivity index is 2.16. The first-order valence-corrected chi connectivity index (χ1v) is 11.5. The molecule has 1 fully saturated rings. The first-order valence-electron chi connectivity index (χ1n) is 11.5. The highest BCUT2D eigenvalue weighted by molar-refractivity contribution is 6.05. The lowest BCUT2D eigenvalue weighted by molar-refractivity contribution is -0.135. The number of rotatable bonds is 6. The number of carboxylic acid groups (broad SMARTS) is 1. The summed E-state index contributed by atoms with van der Waals surface area (Å²) in [6, 6.07) is 6.44. The van der Waals surface area contributed by atoms with Gasteiger partial charge in [-0.1, -0.05) is 52.2 Å². The molecule has 1 saturated carbocycles. The second-order valence-electron chi connectivity index (χ2n) is 9.74. The summed E-state index contributed by atoms with van der Waals surface area (Å²) in [5.41, 5.74) is -1.64. The average molecular weight is 486 g/mol. The van der Waals surface area contributed by atoms with Crippen molar-refractivity contribution in [2.45, 2.75) is 64.3 Å². The molecule has 10 heteroatoms. The highest BCUT2D eigenvalue weighted by Gasteiger charge is 2.31. The maximum Gasteiger partial charge on any atom is 0.322 e. The largest absolute Gasteiger partial charge is 0.506 e. The van der Waals surface area contributed by atoms with E-state index in [2.05, 4.69) is 5.32 Å². The Bertz CT molecular complexity index is 1190. The fourth-order valence-electron chi connectivity index (χ4n) is 4.16. The lowest BCUT2D eigenvalue weighted by atomic mass is 9.87. The molecule has 188 valence electrons. The fourth-order valence-corrected chi connectivity index (χ4v) is 4.16.